The van der Waals surface area contributed by atoms with Gasteiger partial charge in [-0.25, -0.2) is 0 Å². The van der Waals surface area contributed by atoms with Crippen molar-refractivity contribution in [2.24, 2.45) is 5.92 Å². The summed E-state index contributed by atoms with van der Waals surface area (Å²) in [6, 6.07) is 7.52. The van der Waals surface area contributed by atoms with Crippen LogP contribution in [0.3, 0.4) is 0 Å². The van der Waals surface area contributed by atoms with Crippen molar-refractivity contribution in [1.29, 1.82) is 5.26 Å². The Labute approximate surface area is 142 Å². The second kappa shape index (κ2) is 7.69. The number of nitrogens with zero attached hydrogens (tertiary/aromatic N) is 2. The highest BCUT2D eigenvalue weighted by atomic mass is 16.3. The molecule has 2 rings (SSSR count). The van der Waals surface area contributed by atoms with Crippen LogP contribution in [-0.4, -0.2) is 10.5 Å². The van der Waals surface area contributed by atoms with Gasteiger partial charge in [-0.1, -0.05) is 13.8 Å². The molecule has 0 atom stereocenters. The topological polar surface area (TPSA) is 71.0 Å². The van der Waals surface area contributed by atoms with Crippen molar-refractivity contribution in [3.63, 3.8) is 0 Å². The third-order valence-corrected chi connectivity index (χ3v) is 3.83. The first-order valence-corrected chi connectivity index (χ1v) is 8.01. The SMILES string of the molecule is Cc1cc(/C=C(\C#N)C(=O)NCc2ccco2)c(C)n1CC(C)C. The van der Waals surface area contributed by atoms with E-state index in [4.69, 9.17) is 4.42 Å². The van der Waals surface area contributed by atoms with Crippen molar-refractivity contribution < 1.29 is 9.21 Å². The highest BCUT2D eigenvalue weighted by Crippen LogP contribution is 2.19. The van der Waals surface area contributed by atoms with Gasteiger partial charge in [0.2, 0.25) is 0 Å². The normalized spacial score (nSPS) is 11.6. The van der Waals surface area contributed by atoms with E-state index in [-0.39, 0.29) is 12.1 Å². The van der Waals surface area contributed by atoms with Crippen molar-refractivity contribution in [2.45, 2.75) is 40.8 Å². The van der Waals surface area contributed by atoms with Crippen LogP contribution in [0.4, 0.5) is 0 Å². The van der Waals surface area contributed by atoms with Gasteiger partial charge < -0.3 is 14.3 Å². The number of rotatable bonds is 6. The van der Waals surface area contributed by atoms with E-state index in [1.807, 2.05) is 26.0 Å². The second-order valence-electron chi connectivity index (χ2n) is 6.26. The summed E-state index contributed by atoms with van der Waals surface area (Å²) in [5.74, 6) is 0.775. The lowest BCUT2D eigenvalue weighted by Gasteiger charge is -2.12. The maximum Gasteiger partial charge on any atom is 0.262 e. The molecular weight excluding hydrogens is 302 g/mol. The van der Waals surface area contributed by atoms with Crippen molar-refractivity contribution in [3.05, 3.63) is 52.7 Å². The molecule has 0 unspecified atom stereocenters. The third-order valence-electron chi connectivity index (χ3n) is 3.83. The fraction of sp³-hybridized carbons (Fsp3) is 0.368. The van der Waals surface area contributed by atoms with Crippen molar-refractivity contribution >= 4 is 12.0 Å². The molecule has 0 bridgehead atoms. The second-order valence-corrected chi connectivity index (χ2v) is 6.26. The van der Waals surface area contributed by atoms with E-state index in [1.165, 1.54) is 0 Å². The molecule has 0 aliphatic rings. The van der Waals surface area contributed by atoms with Gasteiger partial charge in [-0.05, 0) is 49.6 Å². The van der Waals surface area contributed by atoms with Crippen LogP contribution in [0.15, 0.2) is 34.5 Å². The molecule has 2 aromatic heterocycles. The summed E-state index contributed by atoms with van der Waals surface area (Å²) in [4.78, 5) is 12.2. The zero-order valence-electron chi connectivity index (χ0n) is 14.6. The first-order chi connectivity index (χ1) is 11.4. The van der Waals surface area contributed by atoms with Crippen molar-refractivity contribution in [1.82, 2.24) is 9.88 Å². The zero-order valence-corrected chi connectivity index (χ0v) is 14.6. The summed E-state index contributed by atoms with van der Waals surface area (Å²) >= 11 is 0. The van der Waals surface area contributed by atoms with Crippen LogP contribution in [0.1, 0.15) is 36.6 Å². The average molecular weight is 325 g/mol. The van der Waals surface area contributed by atoms with Gasteiger partial charge >= 0.3 is 0 Å². The molecule has 0 saturated heterocycles. The Morgan fingerprint density at radius 2 is 2.21 bits per heavy atom. The number of hydrogen-bond acceptors (Lipinski definition) is 3. The smallest absolute Gasteiger partial charge is 0.262 e. The lowest BCUT2D eigenvalue weighted by Crippen LogP contribution is -2.23. The van der Waals surface area contributed by atoms with E-state index in [0.717, 1.165) is 23.5 Å². The molecule has 2 aromatic rings. The van der Waals surface area contributed by atoms with Crippen LogP contribution in [0.25, 0.3) is 6.08 Å². The highest BCUT2D eigenvalue weighted by molar-refractivity contribution is 6.01. The Morgan fingerprint density at radius 3 is 2.79 bits per heavy atom. The maximum atomic E-state index is 12.2. The molecular formula is C19H23N3O2. The van der Waals surface area contributed by atoms with Crippen molar-refractivity contribution in [2.75, 3.05) is 0 Å². The van der Waals surface area contributed by atoms with Crippen molar-refractivity contribution in [3.8, 4) is 6.07 Å². The lowest BCUT2D eigenvalue weighted by atomic mass is 10.1. The summed E-state index contributed by atoms with van der Waals surface area (Å²) in [5, 5.41) is 12.0. The molecule has 0 aliphatic heterocycles. The molecule has 1 amide bonds. The summed E-state index contributed by atoms with van der Waals surface area (Å²) in [7, 11) is 0. The van der Waals surface area contributed by atoms with Gasteiger partial charge in [0.05, 0.1) is 12.8 Å². The number of hydrogen-bond donors (Lipinski definition) is 1. The number of nitriles is 1. The standard InChI is InChI=1S/C19H23N3O2/c1-13(2)12-22-14(3)8-16(15(22)4)9-17(10-20)19(23)21-11-18-6-5-7-24-18/h5-9,13H,11-12H2,1-4H3,(H,21,23)/b17-9+. The third kappa shape index (κ3) is 4.17. The quantitative estimate of drug-likeness (QED) is 0.652. The molecule has 0 saturated carbocycles. The van der Waals surface area contributed by atoms with E-state index in [9.17, 15) is 10.1 Å². The van der Waals surface area contributed by atoms with Gasteiger partial charge in [0, 0.05) is 17.9 Å². The number of carbonyl (C=O) groups is 1. The van der Waals surface area contributed by atoms with Crippen LogP contribution in [0.2, 0.25) is 0 Å². The Bertz CT molecular complexity index is 774. The van der Waals surface area contributed by atoms with Crippen LogP contribution < -0.4 is 5.32 Å². The van der Waals surface area contributed by atoms with Crippen LogP contribution in [0, 0.1) is 31.1 Å². The number of aryl methyl sites for hydroxylation is 1. The molecule has 2 heterocycles. The van der Waals surface area contributed by atoms with Gasteiger partial charge in [0.1, 0.15) is 17.4 Å². The predicted octanol–water partition coefficient (Wildman–Crippen LogP) is 3.58. The van der Waals surface area contributed by atoms with E-state index >= 15 is 0 Å². The molecule has 24 heavy (non-hydrogen) atoms. The fourth-order valence-electron chi connectivity index (χ4n) is 2.60. The molecule has 5 heteroatoms. The predicted molar refractivity (Wildman–Crippen MR) is 92.9 cm³/mol. The van der Waals surface area contributed by atoms with Gasteiger partial charge in [0.25, 0.3) is 5.91 Å². The average Bonchev–Trinajstić information content (AvgIpc) is 3.14. The van der Waals surface area contributed by atoms with Crippen LogP contribution in [-0.2, 0) is 17.9 Å². The van der Waals surface area contributed by atoms with Crippen LogP contribution in [0.5, 0.6) is 0 Å². The molecule has 1 N–H and O–H groups in total. The zero-order chi connectivity index (χ0) is 17.7. The van der Waals surface area contributed by atoms with Gasteiger partial charge in [0.15, 0.2) is 0 Å². The largest absolute Gasteiger partial charge is 0.467 e. The van der Waals surface area contributed by atoms with Crippen LogP contribution >= 0.6 is 0 Å². The minimum Gasteiger partial charge on any atom is -0.467 e. The Hall–Kier alpha value is -2.74. The number of nitrogens with one attached hydrogen (secondary N) is 1. The lowest BCUT2D eigenvalue weighted by molar-refractivity contribution is -0.117. The maximum absolute atomic E-state index is 12.2. The fourth-order valence-corrected chi connectivity index (χ4v) is 2.60. The van der Waals surface area contributed by atoms with E-state index in [1.54, 1.807) is 24.5 Å². The van der Waals surface area contributed by atoms with Gasteiger partial charge in [-0.15, -0.1) is 0 Å². The molecule has 0 radical (unpaired) electrons. The molecule has 126 valence electrons. The monoisotopic (exact) mass is 325 g/mol. The minimum absolute atomic E-state index is 0.0892. The summed E-state index contributed by atoms with van der Waals surface area (Å²) in [5.41, 5.74) is 3.18. The number of amides is 1. The molecule has 0 aromatic carbocycles. The summed E-state index contributed by atoms with van der Waals surface area (Å²) < 4.78 is 7.38. The Balaban J connectivity index is 2.18. The van der Waals surface area contributed by atoms with E-state index < -0.39 is 5.91 Å². The first kappa shape index (κ1) is 17.6. The van der Waals surface area contributed by atoms with E-state index in [2.05, 4.69) is 23.7 Å². The summed E-state index contributed by atoms with van der Waals surface area (Å²) in [6.45, 7) is 9.55. The Morgan fingerprint density at radius 1 is 1.46 bits per heavy atom. The van der Waals surface area contributed by atoms with E-state index in [0.29, 0.717) is 11.7 Å². The molecule has 0 spiro atoms. The van der Waals surface area contributed by atoms with Gasteiger partial charge in [-0.2, -0.15) is 5.26 Å². The molecule has 5 nitrogen and oxygen atoms in total. The number of aromatic nitrogens is 1. The number of furan rings is 1. The first-order valence-electron chi connectivity index (χ1n) is 8.01. The highest BCUT2D eigenvalue weighted by Gasteiger charge is 2.13. The summed E-state index contributed by atoms with van der Waals surface area (Å²) in [6.07, 6.45) is 3.20. The Kier molecular flexibility index (Phi) is 5.64. The number of carbonyl (C=O) groups excluding carboxylic acids is 1. The molecule has 0 aliphatic carbocycles. The van der Waals surface area contributed by atoms with Gasteiger partial charge in [-0.3, -0.25) is 4.79 Å². The molecule has 0 fully saturated rings. The minimum atomic E-state index is -0.400.